The lowest BCUT2D eigenvalue weighted by atomic mass is 10.0. The smallest absolute Gasteiger partial charge is 0.260 e. The van der Waals surface area contributed by atoms with Gasteiger partial charge in [0.15, 0.2) is 6.61 Å². The number of aromatic nitrogens is 2. The number of hydrogen-bond acceptors (Lipinski definition) is 5. The van der Waals surface area contributed by atoms with E-state index in [9.17, 15) is 4.79 Å². The molecule has 2 heterocycles. The molecule has 31 heavy (non-hydrogen) atoms. The van der Waals surface area contributed by atoms with Gasteiger partial charge in [0, 0.05) is 25.7 Å². The minimum Gasteiger partial charge on any atom is -0.467 e. The molecule has 5 rings (SSSR count). The summed E-state index contributed by atoms with van der Waals surface area (Å²) in [6, 6.07) is 17.2. The summed E-state index contributed by atoms with van der Waals surface area (Å²) in [4.78, 5) is 25.8. The Morgan fingerprint density at radius 3 is 2.65 bits per heavy atom. The van der Waals surface area contributed by atoms with Crippen LogP contribution in [0.4, 0.5) is 0 Å². The number of rotatable bonds is 5. The number of nitrogens with zero attached hydrogens (tertiary/aromatic N) is 4. The summed E-state index contributed by atoms with van der Waals surface area (Å²) in [5.74, 6) is 0.450. The summed E-state index contributed by atoms with van der Waals surface area (Å²) in [5.41, 5.74) is 3.77. The lowest BCUT2D eigenvalue weighted by Gasteiger charge is -2.40. The monoisotopic (exact) mass is 416 g/mol. The van der Waals surface area contributed by atoms with E-state index in [1.165, 1.54) is 17.5 Å². The first-order valence-corrected chi connectivity index (χ1v) is 11.1. The maximum Gasteiger partial charge on any atom is 0.260 e. The van der Waals surface area contributed by atoms with Gasteiger partial charge in [-0.2, -0.15) is 0 Å². The zero-order valence-electron chi connectivity index (χ0n) is 17.9. The average Bonchev–Trinajstić information content (AvgIpc) is 3.26. The summed E-state index contributed by atoms with van der Waals surface area (Å²) in [6.07, 6.45) is 5.86. The number of likely N-dealkylation sites (N-methyl/N-ethyl adjacent to an activating group) is 1. The second kappa shape index (κ2) is 8.63. The second-order valence-electron chi connectivity index (χ2n) is 8.61. The number of ether oxygens (including phenoxy) is 1. The molecule has 160 valence electrons. The Hall–Kier alpha value is -2.99. The number of benzene rings is 2. The summed E-state index contributed by atoms with van der Waals surface area (Å²) in [5, 5.41) is 0.824. The number of carbonyl (C=O) groups excluding carboxylic acids is 1. The van der Waals surface area contributed by atoms with Crippen LogP contribution in [0.25, 0.3) is 10.9 Å². The van der Waals surface area contributed by atoms with Crippen molar-refractivity contribution in [3.05, 3.63) is 66.0 Å². The first-order chi connectivity index (χ1) is 15.2. The molecule has 0 spiro atoms. The first-order valence-electron chi connectivity index (χ1n) is 11.1. The van der Waals surface area contributed by atoms with Crippen LogP contribution in [-0.4, -0.2) is 64.5 Å². The largest absolute Gasteiger partial charge is 0.467 e. The molecular formula is C25H28N4O2. The molecule has 0 radical (unpaired) electrons. The molecule has 0 saturated carbocycles. The lowest BCUT2D eigenvalue weighted by molar-refractivity contribution is -0.135. The minimum atomic E-state index is -0.0110. The molecule has 1 aromatic heterocycles. The molecule has 1 fully saturated rings. The van der Waals surface area contributed by atoms with Crippen molar-refractivity contribution >= 4 is 16.8 Å². The minimum absolute atomic E-state index is 0.00995. The van der Waals surface area contributed by atoms with Gasteiger partial charge in [0.2, 0.25) is 5.88 Å². The van der Waals surface area contributed by atoms with Crippen LogP contribution < -0.4 is 4.74 Å². The molecule has 1 amide bonds. The zero-order chi connectivity index (χ0) is 21.2. The summed E-state index contributed by atoms with van der Waals surface area (Å²) < 4.78 is 5.81. The molecule has 0 N–H and O–H groups in total. The fraction of sp³-hybridized carbons (Fsp3) is 0.400. The predicted molar refractivity (Wildman–Crippen MR) is 120 cm³/mol. The highest BCUT2D eigenvalue weighted by molar-refractivity contribution is 5.84. The third-order valence-corrected chi connectivity index (χ3v) is 6.75. The summed E-state index contributed by atoms with van der Waals surface area (Å²) in [6.45, 7) is 2.03. The van der Waals surface area contributed by atoms with E-state index in [2.05, 4.69) is 39.1 Å². The quantitative estimate of drug-likeness (QED) is 0.640. The number of amides is 1. The van der Waals surface area contributed by atoms with Gasteiger partial charge in [-0.05, 0) is 55.5 Å². The van der Waals surface area contributed by atoms with E-state index in [0.29, 0.717) is 11.9 Å². The molecule has 1 unspecified atom stereocenters. The van der Waals surface area contributed by atoms with Crippen LogP contribution in [0.1, 0.15) is 24.0 Å². The van der Waals surface area contributed by atoms with Gasteiger partial charge >= 0.3 is 0 Å². The van der Waals surface area contributed by atoms with Crippen LogP contribution in [-0.2, 0) is 17.6 Å². The van der Waals surface area contributed by atoms with Gasteiger partial charge in [0.25, 0.3) is 5.91 Å². The van der Waals surface area contributed by atoms with Gasteiger partial charge in [-0.3, -0.25) is 9.69 Å². The Bertz CT molecular complexity index is 1060. The number of carbonyl (C=O) groups is 1. The number of fused-ring (bicyclic) bond motifs is 2. The Labute approximate surface area is 182 Å². The van der Waals surface area contributed by atoms with E-state index < -0.39 is 0 Å². The first kappa shape index (κ1) is 19.9. The molecule has 0 bridgehead atoms. The van der Waals surface area contributed by atoms with Crippen LogP contribution >= 0.6 is 0 Å². The average molecular weight is 417 g/mol. The molecule has 6 heteroatoms. The van der Waals surface area contributed by atoms with Crippen LogP contribution in [0.2, 0.25) is 0 Å². The molecule has 1 atom stereocenters. The van der Waals surface area contributed by atoms with E-state index in [4.69, 9.17) is 4.74 Å². The number of hydrogen-bond donors (Lipinski definition) is 0. The topological polar surface area (TPSA) is 58.6 Å². The molecule has 2 aliphatic rings. The van der Waals surface area contributed by atoms with Gasteiger partial charge < -0.3 is 9.64 Å². The van der Waals surface area contributed by atoms with Crippen molar-refractivity contribution in [2.75, 3.05) is 26.7 Å². The van der Waals surface area contributed by atoms with Gasteiger partial charge in [-0.25, -0.2) is 9.97 Å². The predicted octanol–water partition coefficient (Wildman–Crippen LogP) is 3.10. The van der Waals surface area contributed by atoms with Crippen molar-refractivity contribution in [2.24, 2.45) is 0 Å². The van der Waals surface area contributed by atoms with E-state index in [-0.39, 0.29) is 18.6 Å². The number of para-hydroxylation sites is 1. The van der Waals surface area contributed by atoms with Crippen LogP contribution in [0.15, 0.2) is 54.9 Å². The highest BCUT2D eigenvalue weighted by Gasteiger charge is 2.32. The maximum atomic E-state index is 12.9. The molecule has 1 saturated heterocycles. The van der Waals surface area contributed by atoms with E-state index in [0.717, 1.165) is 49.7 Å². The van der Waals surface area contributed by atoms with E-state index in [1.54, 1.807) is 0 Å². The van der Waals surface area contributed by atoms with E-state index in [1.807, 2.05) is 36.2 Å². The van der Waals surface area contributed by atoms with Gasteiger partial charge in [-0.15, -0.1) is 0 Å². The van der Waals surface area contributed by atoms with E-state index >= 15 is 0 Å². The molecule has 6 nitrogen and oxygen atoms in total. The Morgan fingerprint density at radius 2 is 1.84 bits per heavy atom. The Kier molecular flexibility index (Phi) is 5.55. The van der Waals surface area contributed by atoms with Crippen LogP contribution in [0.5, 0.6) is 5.88 Å². The maximum absolute atomic E-state index is 12.9. The zero-order valence-corrected chi connectivity index (χ0v) is 17.9. The lowest BCUT2D eigenvalue weighted by Crippen LogP contribution is -2.52. The van der Waals surface area contributed by atoms with Crippen molar-refractivity contribution in [1.29, 1.82) is 0 Å². The third kappa shape index (κ3) is 4.12. The summed E-state index contributed by atoms with van der Waals surface area (Å²) in [7, 11) is 1.90. The van der Waals surface area contributed by atoms with Crippen molar-refractivity contribution in [1.82, 2.24) is 19.8 Å². The van der Waals surface area contributed by atoms with Crippen molar-refractivity contribution in [3.63, 3.8) is 0 Å². The highest BCUT2D eigenvalue weighted by Crippen LogP contribution is 2.28. The van der Waals surface area contributed by atoms with Gasteiger partial charge in [0.1, 0.15) is 6.33 Å². The van der Waals surface area contributed by atoms with Gasteiger partial charge in [-0.1, -0.05) is 36.4 Å². The van der Waals surface area contributed by atoms with Crippen molar-refractivity contribution in [2.45, 2.75) is 37.8 Å². The molecule has 3 aromatic rings. The van der Waals surface area contributed by atoms with Crippen LogP contribution in [0.3, 0.4) is 0 Å². The Balaban J connectivity index is 1.19. The molecular weight excluding hydrogens is 388 g/mol. The standard InChI is InChI=1S/C25H28N4O2/c1-28(24(30)16-31-25-22-10-4-5-11-23(22)26-17-27-25)20-9-6-12-29(15-20)21-13-18-7-2-3-8-19(18)14-21/h2-5,7-8,10-11,17,20-21H,6,9,12-16H2,1H3. The van der Waals surface area contributed by atoms with Crippen molar-refractivity contribution in [3.8, 4) is 5.88 Å². The second-order valence-corrected chi connectivity index (χ2v) is 8.61. The van der Waals surface area contributed by atoms with Gasteiger partial charge in [0.05, 0.1) is 10.9 Å². The molecule has 1 aliphatic carbocycles. The highest BCUT2D eigenvalue weighted by atomic mass is 16.5. The third-order valence-electron chi connectivity index (χ3n) is 6.75. The molecule has 2 aromatic carbocycles. The van der Waals surface area contributed by atoms with Crippen LogP contribution in [0, 0.1) is 0 Å². The normalized spacial score (nSPS) is 19.3. The fourth-order valence-corrected chi connectivity index (χ4v) is 4.96. The Morgan fingerprint density at radius 1 is 1.10 bits per heavy atom. The molecule has 1 aliphatic heterocycles. The number of piperidine rings is 1. The summed E-state index contributed by atoms with van der Waals surface area (Å²) >= 11 is 0. The SMILES string of the molecule is CN(C(=O)COc1ncnc2ccccc12)C1CCCN(C2Cc3ccccc3C2)C1. The number of likely N-dealkylation sites (tertiary alicyclic amines) is 1. The van der Waals surface area contributed by atoms with Crippen molar-refractivity contribution < 1.29 is 9.53 Å². The fourth-order valence-electron chi connectivity index (χ4n) is 4.96.